The van der Waals surface area contributed by atoms with E-state index in [0.717, 1.165) is 25.2 Å². The molecule has 0 amide bonds. The molecule has 0 aromatic rings. The van der Waals surface area contributed by atoms with Gasteiger partial charge in [0, 0.05) is 25.3 Å². The number of hydrogen-bond acceptors (Lipinski definition) is 3. The summed E-state index contributed by atoms with van der Waals surface area (Å²) in [5.74, 6) is 0.751. The second-order valence-electron chi connectivity index (χ2n) is 5.08. The maximum atomic E-state index is 5.95. The maximum Gasteiger partial charge on any atom is 0.0480 e. The van der Waals surface area contributed by atoms with Crippen LogP contribution in [0.1, 0.15) is 32.6 Å². The average molecular weight is 212 g/mol. The van der Waals surface area contributed by atoms with E-state index < -0.39 is 0 Å². The summed E-state index contributed by atoms with van der Waals surface area (Å²) in [5, 5.41) is 0. The highest BCUT2D eigenvalue weighted by Gasteiger charge is 2.27. The van der Waals surface area contributed by atoms with Gasteiger partial charge in [-0.25, -0.2) is 0 Å². The lowest BCUT2D eigenvalue weighted by Gasteiger charge is -2.40. The fraction of sp³-hybridized carbons (Fsp3) is 1.00. The molecule has 2 aliphatic rings. The summed E-state index contributed by atoms with van der Waals surface area (Å²) in [5.41, 5.74) is 5.95. The molecule has 3 heteroatoms. The van der Waals surface area contributed by atoms with Crippen molar-refractivity contribution >= 4 is 0 Å². The van der Waals surface area contributed by atoms with Crippen molar-refractivity contribution in [1.82, 2.24) is 4.90 Å². The minimum Gasteiger partial charge on any atom is -0.381 e. The zero-order valence-corrected chi connectivity index (χ0v) is 9.82. The Balaban J connectivity index is 1.77. The number of ether oxygens (including phenoxy) is 1. The molecule has 2 aliphatic heterocycles. The minimum atomic E-state index is 0.377. The van der Waals surface area contributed by atoms with Gasteiger partial charge in [-0.1, -0.05) is 0 Å². The monoisotopic (exact) mass is 212 g/mol. The van der Waals surface area contributed by atoms with E-state index in [2.05, 4.69) is 11.8 Å². The van der Waals surface area contributed by atoms with Crippen LogP contribution in [0.5, 0.6) is 0 Å². The van der Waals surface area contributed by atoms with Gasteiger partial charge in [0.2, 0.25) is 0 Å². The van der Waals surface area contributed by atoms with Crippen LogP contribution in [-0.2, 0) is 4.74 Å². The molecule has 1 atom stereocenters. The fourth-order valence-electron chi connectivity index (χ4n) is 2.86. The third-order valence-electron chi connectivity index (χ3n) is 4.02. The lowest BCUT2D eigenvalue weighted by molar-refractivity contribution is 0.0197. The van der Waals surface area contributed by atoms with Crippen LogP contribution in [0.3, 0.4) is 0 Å². The smallest absolute Gasteiger partial charge is 0.0480 e. The van der Waals surface area contributed by atoms with Gasteiger partial charge in [-0.3, -0.25) is 0 Å². The normalized spacial score (nSPS) is 29.2. The summed E-state index contributed by atoms with van der Waals surface area (Å²) in [6.07, 6.45) is 5.02. The second kappa shape index (κ2) is 5.28. The van der Waals surface area contributed by atoms with Crippen LogP contribution in [0.15, 0.2) is 0 Å². The SMILES string of the molecule is CC(N)C1CCN(C2CCOCC2)CC1. The lowest BCUT2D eigenvalue weighted by atomic mass is 9.89. The van der Waals surface area contributed by atoms with Crippen molar-refractivity contribution in [1.29, 1.82) is 0 Å². The first-order valence-electron chi connectivity index (χ1n) is 6.35. The molecule has 2 fully saturated rings. The van der Waals surface area contributed by atoms with Gasteiger partial charge in [-0.05, 0) is 51.6 Å². The number of rotatable bonds is 2. The minimum absolute atomic E-state index is 0.377. The summed E-state index contributed by atoms with van der Waals surface area (Å²) in [4.78, 5) is 2.65. The largest absolute Gasteiger partial charge is 0.381 e. The first-order valence-corrected chi connectivity index (χ1v) is 6.35. The molecule has 3 nitrogen and oxygen atoms in total. The van der Waals surface area contributed by atoms with Crippen molar-refractivity contribution in [2.24, 2.45) is 11.7 Å². The highest BCUT2D eigenvalue weighted by atomic mass is 16.5. The molecule has 0 bridgehead atoms. The third kappa shape index (κ3) is 2.92. The first-order chi connectivity index (χ1) is 7.27. The van der Waals surface area contributed by atoms with Gasteiger partial charge in [0.05, 0.1) is 0 Å². The van der Waals surface area contributed by atoms with Crippen LogP contribution < -0.4 is 5.73 Å². The van der Waals surface area contributed by atoms with Gasteiger partial charge in [-0.15, -0.1) is 0 Å². The summed E-state index contributed by atoms with van der Waals surface area (Å²) in [6, 6.07) is 1.16. The van der Waals surface area contributed by atoms with Gasteiger partial charge in [-0.2, -0.15) is 0 Å². The Kier molecular flexibility index (Phi) is 4.00. The molecule has 2 heterocycles. The van der Waals surface area contributed by atoms with Crippen LogP contribution in [0.2, 0.25) is 0 Å². The van der Waals surface area contributed by atoms with Crippen molar-refractivity contribution in [3.8, 4) is 0 Å². The molecule has 0 spiro atoms. The fourth-order valence-corrected chi connectivity index (χ4v) is 2.86. The highest BCUT2D eigenvalue weighted by Crippen LogP contribution is 2.24. The average Bonchev–Trinajstić information content (AvgIpc) is 2.30. The van der Waals surface area contributed by atoms with Crippen molar-refractivity contribution in [3.63, 3.8) is 0 Å². The predicted octanol–water partition coefficient (Wildman–Crippen LogP) is 1.22. The summed E-state index contributed by atoms with van der Waals surface area (Å²) >= 11 is 0. The Morgan fingerprint density at radius 3 is 2.27 bits per heavy atom. The Morgan fingerprint density at radius 1 is 1.13 bits per heavy atom. The predicted molar refractivity (Wildman–Crippen MR) is 61.8 cm³/mol. The van der Waals surface area contributed by atoms with E-state index >= 15 is 0 Å². The van der Waals surface area contributed by atoms with E-state index in [1.165, 1.54) is 38.8 Å². The number of likely N-dealkylation sites (tertiary alicyclic amines) is 1. The molecule has 15 heavy (non-hydrogen) atoms. The summed E-state index contributed by atoms with van der Waals surface area (Å²) < 4.78 is 5.40. The first kappa shape index (κ1) is 11.4. The molecule has 0 aromatic carbocycles. The number of piperidine rings is 1. The molecule has 2 saturated heterocycles. The van der Waals surface area contributed by atoms with Gasteiger partial charge in [0.1, 0.15) is 0 Å². The lowest BCUT2D eigenvalue weighted by Crippen LogP contribution is -2.46. The van der Waals surface area contributed by atoms with E-state index in [1.54, 1.807) is 0 Å². The topological polar surface area (TPSA) is 38.5 Å². The molecule has 0 saturated carbocycles. The van der Waals surface area contributed by atoms with Gasteiger partial charge < -0.3 is 15.4 Å². The number of hydrogen-bond donors (Lipinski definition) is 1. The molecular formula is C12H24N2O. The number of nitrogens with two attached hydrogens (primary N) is 1. The van der Waals surface area contributed by atoms with Gasteiger partial charge in [0.15, 0.2) is 0 Å². The molecular weight excluding hydrogens is 188 g/mol. The molecule has 88 valence electrons. The van der Waals surface area contributed by atoms with E-state index in [9.17, 15) is 0 Å². The molecule has 0 aliphatic carbocycles. The van der Waals surface area contributed by atoms with E-state index in [4.69, 9.17) is 10.5 Å². The molecule has 2 N–H and O–H groups in total. The zero-order chi connectivity index (χ0) is 10.7. The Labute approximate surface area is 93.0 Å². The van der Waals surface area contributed by atoms with Crippen LogP contribution in [-0.4, -0.2) is 43.3 Å². The zero-order valence-electron chi connectivity index (χ0n) is 9.82. The molecule has 2 rings (SSSR count). The highest BCUT2D eigenvalue weighted by molar-refractivity contribution is 4.82. The Hall–Kier alpha value is -0.120. The Bertz CT molecular complexity index is 182. The van der Waals surface area contributed by atoms with E-state index in [-0.39, 0.29) is 0 Å². The Morgan fingerprint density at radius 2 is 1.73 bits per heavy atom. The van der Waals surface area contributed by atoms with Crippen LogP contribution in [0.25, 0.3) is 0 Å². The maximum absolute atomic E-state index is 5.95. The van der Waals surface area contributed by atoms with Crippen LogP contribution in [0.4, 0.5) is 0 Å². The van der Waals surface area contributed by atoms with Crippen molar-refractivity contribution in [2.45, 2.75) is 44.7 Å². The van der Waals surface area contributed by atoms with Gasteiger partial charge >= 0.3 is 0 Å². The third-order valence-corrected chi connectivity index (χ3v) is 4.02. The van der Waals surface area contributed by atoms with Crippen molar-refractivity contribution in [3.05, 3.63) is 0 Å². The van der Waals surface area contributed by atoms with E-state index in [0.29, 0.717) is 6.04 Å². The molecule has 1 unspecified atom stereocenters. The van der Waals surface area contributed by atoms with Gasteiger partial charge in [0.25, 0.3) is 0 Å². The molecule has 0 radical (unpaired) electrons. The second-order valence-corrected chi connectivity index (χ2v) is 5.08. The van der Waals surface area contributed by atoms with E-state index in [1.807, 2.05) is 0 Å². The molecule has 0 aromatic heterocycles. The van der Waals surface area contributed by atoms with Crippen molar-refractivity contribution in [2.75, 3.05) is 26.3 Å². The standard InChI is InChI=1S/C12H24N2O/c1-10(13)11-2-6-14(7-3-11)12-4-8-15-9-5-12/h10-12H,2-9,13H2,1H3. The summed E-state index contributed by atoms with van der Waals surface area (Å²) in [6.45, 7) is 6.55. The van der Waals surface area contributed by atoms with Crippen LogP contribution >= 0.6 is 0 Å². The van der Waals surface area contributed by atoms with Crippen molar-refractivity contribution < 1.29 is 4.74 Å². The summed E-state index contributed by atoms with van der Waals surface area (Å²) in [7, 11) is 0. The number of nitrogens with zero attached hydrogens (tertiary/aromatic N) is 1. The quantitative estimate of drug-likeness (QED) is 0.748. The van der Waals surface area contributed by atoms with Crippen LogP contribution in [0, 0.1) is 5.92 Å².